The lowest BCUT2D eigenvalue weighted by atomic mass is 10.1. The topological polar surface area (TPSA) is 96.0 Å². The van der Waals surface area contributed by atoms with Crippen molar-refractivity contribution in [1.82, 2.24) is 10.2 Å². The Balaban J connectivity index is 2.05. The summed E-state index contributed by atoms with van der Waals surface area (Å²) in [4.78, 5) is 28.2. The van der Waals surface area contributed by atoms with E-state index in [4.69, 9.17) is 16.3 Å². The summed E-state index contributed by atoms with van der Waals surface area (Å²) >= 11 is 6.38. The van der Waals surface area contributed by atoms with Crippen molar-refractivity contribution in [2.75, 3.05) is 24.5 Å². The van der Waals surface area contributed by atoms with Gasteiger partial charge in [0.25, 0.3) is 10.0 Å². The Morgan fingerprint density at radius 2 is 1.72 bits per heavy atom. The van der Waals surface area contributed by atoms with Crippen LogP contribution in [0, 0.1) is 6.92 Å². The number of halogens is 1. The number of methoxy groups -OCH3 is 1. The van der Waals surface area contributed by atoms with Gasteiger partial charge in [-0.3, -0.25) is 13.9 Å². The summed E-state index contributed by atoms with van der Waals surface area (Å²) in [5.41, 5.74) is 1.79. The Bertz CT molecular complexity index is 1400. The molecule has 3 rings (SSSR count). The number of nitrogens with zero attached hydrogens (tertiary/aromatic N) is 2. The molecular formula is C29H34ClN3O5S. The molecule has 0 aliphatic carbocycles. The van der Waals surface area contributed by atoms with Crippen molar-refractivity contribution >= 4 is 39.1 Å². The van der Waals surface area contributed by atoms with Gasteiger partial charge in [-0.1, -0.05) is 60.5 Å². The number of amides is 2. The average molecular weight is 572 g/mol. The highest BCUT2D eigenvalue weighted by Gasteiger charge is 2.32. The van der Waals surface area contributed by atoms with Crippen LogP contribution in [0.3, 0.4) is 0 Å². The molecule has 0 heterocycles. The molecule has 1 unspecified atom stereocenters. The highest BCUT2D eigenvalue weighted by atomic mass is 35.5. The van der Waals surface area contributed by atoms with E-state index in [-0.39, 0.29) is 23.0 Å². The maximum Gasteiger partial charge on any atom is 0.264 e. The number of sulfonamides is 1. The number of hydrogen-bond donors (Lipinski definition) is 1. The third kappa shape index (κ3) is 7.52. The monoisotopic (exact) mass is 571 g/mol. The van der Waals surface area contributed by atoms with Crippen molar-refractivity contribution < 1.29 is 22.7 Å². The van der Waals surface area contributed by atoms with Crippen molar-refractivity contribution in [2.45, 2.75) is 44.7 Å². The van der Waals surface area contributed by atoms with Gasteiger partial charge in [-0.25, -0.2) is 8.42 Å². The number of aryl methyl sites for hydroxylation is 1. The first kappa shape index (κ1) is 30.0. The van der Waals surface area contributed by atoms with Crippen molar-refractivity contribution in [1.29, 1.82) is 0 Å². The van der Waals surface area contributed by atoms with Gasteiger partial charge in [-0.05, 0) is 56.2 Å². The number of carbonyl (C=O) groups excluding carboxylic acids is 2. The molecule has 0 aliphatic rings. The highest BCUT2D eigenvalue weighted by molar-refractivity contribution is 7.92. The zero-order chi connectivity index (χ0) is 28.6. The maximum absolute atomic E-state index is 13.9. The summed E-state index contributed by atoms with van der Waals surface area (Å²) in [5.74, 6) is -0.469. The first-order valence-electron chi connectivity index (χ1n) is 12.6. The summed E-state index contributed by atoms with van der Waals surface area (Å²) in [6.45, 7) is 5.34. The standard InChI is InChI=1S/C29H34ClN3O5S/c1-5-17-31-29(35)22(3)32(19-23-9-6-7-12-27(23)30)28(34)20-33(24-10-8-11-25(18-24)38-4)39(36,37)26-15-13-21(2)14-16-26/h6-16,18,22H,5,17,19-20H2,1-4H3,(H,31,35). The highest BCUT2D eigenvalue weighted by Crippen LogP contribution is 2.28. The van der Waals surface area contributed by atoms with Gasteiger partial charge in [0.2, 0.25) is 11.8 Å². The predicted octanol–water partition coefficient (Wildman–Crippen LogP) is 4.80. The van der Waals surface area contributed by atoms with Crippen molar-refractivity contribution in [3.05, 3.63) is 88.9 Å². The fourth-order valence-electron chi connectivity index (χ4n) is 3.92. The Kier molecular flexibility index (Phi) is 10.4. The Hall–Kier alpha value is -3.56. The third-order valence-electron chi connectivity index (χ3n) is 6.24. The van der Waals surface area contributed by atoms with E-state index >= 15 is 0 Å². The summed E-state index contributed by atoms with van der Waals surface area (Å²) in [5, 5.41) is 3.25. The molecule has 208 valence electrons. The predicted molar refractivity (Wildman–Crippen MR) is 153 cm³/mol. The van der Waals surface area contributed by atoms with Crippen LogP contribution in [-0.2, 0) is 26.2 Å². The SMILES string of the molecule is CCCNC(=O)C(C)N(Cc1ccccc1Cl)C(=O)CN(c1cccc(OC)c1)S(=O)(=O)c1ccc(C)cc1. The number of hydrogen-bond acceptors (Lipinski definition) is 5. The molecule has 3 aromatic carbocycles. The quantitative estimate of drug-likeness (QED) is 0.337. The normalized spacial score (nSPS) is 11.9. The molecule has 0 aromatic heterocycles. The first-order valence-corrected chi connectivity index (χ1v) is 14.4. The third-order valence-corrected chi connectivity index (χ3v) is 8.40. The second kappa shape index (κ2) is 13.5. The molecule has 39 heavy (non-hydrogen) atoms. The number of benzene rings is 3. The van der Waals surface area contributed by atoms with E-state index in [0.29, 0.717) is 22.9 Å². The zero-order valence-electron chi connectivity index (χ0n) is 22.6. The fourth-order valence-corrected chi connectivity index (χ4v) is 5.52. The number of ether oxygens (including phenoxy) is 1. The molecule has 0 saturated heterocycles. The van der Waals surface area contributed by atoms with E-state index in [9.17, 15) is 18.0 Å². The van der Waals surface area contributed by atoms with Crippen LogP contribution in [0.1, 0.15) is 31.4 Å². The lowest BCUT2D eigenvalue weighted by molar-refractivity contribution is -0.139. The van der Waals surface area contributed by atoms with Gasteiger partial charge in [0.1, 0.15) is 18.3 Å². The van der Waals surface area contributed by atoms with Crippen LogP contribution in [0.5, 0.6) is 5.75 Å². The van der Waals surface area contributed by atoms with Crippen molar-refractivity contribution in [2.24, 2.45) is 0 Å². The van der Waals surface area contributed by atoms with Gasteiger partial charge in [-0.2, -0.15) is 0 Å². The summed E-state index contributed by atoms with van der Waals surface area (Å²) in [6.07, 6.45) is 0.731. The van der Waals surface area contributed by atoms with Gasteiger partial charge in [-0.15, -0.1) is 0 Å². The van der Waals surface area contributed by atoms with Crippen LogP contribution < -0.4 is 14.4 Å². The van der Waals surface area contributed by atoms with Crippen LogP contribution >= 0.6 is 11.6 Å². The van der Waals surface area contributed by atoms with Gasteiger partial charge >= 0.3 is 0 Å². The van der Waals surface area contributed by atoms with Crippen LogP contribution in [0.2, 0.25) is 5.02 Å². The van der Waals surface area contributed by atoms with Gasteiger partial charge in [0, 0.05) is 24.2 Å². The molecule has 0 radical (unpaired) electrons. The summed E-state index contributed by atoms with van der Waals surface area (Å²) in [6, 6.07) is 19.0. The zero-order valence-corrected chi connectivity index (χ0v) is 24.1. The van der Waals surface area contributed by atoms with E-state index in [0.717, 1.165) is 16.3 Å². The molecule has 3 aromatic rings. The smallest absolute Gasteiger partial charge is 0.264 e. The van der Waals surface area contributed by atoms with Gasteiger partial charge in [0.05, 0.1) is 17.7 Å². The molecule has 10 heteroatoms. The molecule has 0 saturated carbocycles. The van der Waals surface area contributed by atoms with Crippen LogP contribution in [0.15, 0.2) is 77.7 Å². The maximum atomic E-state index is 13.9. The molecule has 8 nitrogen and oxygen atoms in total. The van der Waals surface area contributed by atoms with E-state index < -0.39 is 28.5 Å². The molecular weight excluding hydrogens is 538 g/mol. The second-order valence-corrected chi connectivity index (χ2v) is 11.4. The van der Waals surface area contributed by atoms with Gasteiger partial charge in [0.15, 0.2) is 0 Å². The van der Waals surface area contributed by atoms with Crippen molar-refractivity contribution in [3.8, 4) is 5.75 Å². The van der Waals surface area contributed by atoms with E-state index in [1.54, 1.807) is 67.6 Å². The average Bonchev–Trinajstić information content (AvgIpc) is 2.93. The molecule has 0 aliphatic heterocycles. The Labute approximate surface area is 235 Å². The lowest BCUT2D eigenvalue weighted by Crippen LogP contribution is -2.51. The van der Waals surface area contributed by atoms with E-state index in [1.165, 1.54) is 24.1 Å². The fraction of sp³-hybridized carbons (Fsp3) is 0.310. The minimum Gasteiger partial charge on any atom is -0.497 e. The molecule has 1 atom stereocenters. The largest absolute Gasteiger partial charge is 0.497 e. The number of carbonyl (C=O) groups is 2. The lowest BCUT2D eigenvalue weighted by Gasteiger charge is -2.32. The number of nitrogens with one attached hydrogen (secondary N) is 1. The molecule has 0 fully saturated rings. The molecule has 1 N–H and O–H groups in total. The van der Waals surface area contributed by atoms with Crippen molar-refractivity contribution in [3.63, 3.8) is 0 Å². The molecule has 0 spiro atoms. The minimum absolute atomic E-state index is 0.0236. The first-order chi connectivity index (χ1) is 18.6. The second-order valence-electron chi connectivity index (χ2n) is 9.11. The summed E-state index contributed by atoms with van der Waals surface area (Å²) < 4.78 is 34.1. The Morgan fingerprint density at radius 3 is 2.36 bits per heavy atom. The van der Waals surface area contributed by atoms with Crippen LogP contribution in [-0.4, -0.2) is 51.4 Å². The molecule has 2 amide bonds. The van der Waals surface area contributed by atoms with E-state index in [1.807, 2.05) is 13.8 Å². The van der Waals surface area contributed by atoms with Gasteiger partial charge < -0.3 is 15.0 Å². The molecule has 0 bridgehead atoms. The Morgan fingerprint density at radius 1 is 1.03 bits per heavy atom. The van der Waals surface area contributed by atoms with Crippen LogP contribution in [0.4, 0.5) is 5.69 Å². The van der Waals surface area contributed by atoms with E-state index in [2.05, 4.69) is 5.32 Å². The number of anilines is 1. The summed E-state index contributed by atoms with van der Waals surface area (Å²) in [7, 11) is -2.68. The number of rotatable bonds is 12. The van der Waals surface area contributed by atoms with Crippen LogP contribution in [0.25, 0.3) is 0 Å². The minimum atomic E-state index is -4.16.